The molecule has 2 aromatic carbocycles. The van der Waals surface area contributed by atoms with Gasteiger partial charge >= 0.3 is 0 Å². The van der Waals surface area contributed by atoms with E-state index in [1.54, 1.807) is 7.11 Å². The van der Waals surface area contributed by atoms with Gasteiger partial charge in [0.2, 0.25) is 0 Å². The highest BCUT2D eigenvalue weighted by Crippen LogP contribution is 2.37. The van der Waals surface area contributed by atoms with Crippen LogP contribution in [0.15, 0.2) is 42.5 Å². The minimum atomic E-state index is 0.570. The molecule has 0 saturated carbocycles. The number of hydrogen-bond donors (Lipinski definition) is 1. The van der Waals surface area contributed by atoms with E-state index in [4.69, 9.17) is 9.47 Å². The molecule has 0 bridgehead atoms. The summed E-state index contributed by atoms with van der Waals surface area (Å²) in [5.74, 6) is 0.921. The molecule has 0 radical (unpaired) electrons. The van der Waals surface area contributed by atoms with E-state index in [0.717, 1.165) is 24.3 Å². The van der Waals surface area contributed by atoms with Crippen LogP contribution in [0.3, 0.4) is 0 Å². The fraction of sp³-hybridized carbons (Fsp3) is 0.294. The van der Waals surface area contributed by atoms with Crippen LogP contribution in [0.25, 0.3) is 11.1 Å². The van der Waals surface area contributed by atoms with Gasteiger partial charge in [-0.25, -0.2) is 0 Å². The van der Waals surface area contributed by atoms with Gasteiger partial charge in [-0.3, -0.25) is 0 Å². The Morgan fingerprint density at radius 3 is 2.75 bits per heavy atom. The normalized spacial score (nSPS) is 12.8. The van der Waals surface area contributed by atoms with Crippen molar-refractivity contribution in [3.05, 3.63) is 48.0 Å². The minimum absolute atomic E-state index is 0.570. The van der Waals surface area contributed by atoms with Crippen molar-refractivity contribution in [3.8, 4) is 16.9 Å². The monoisotopic (exact) mass is 269 g/mol. The summed E-state index contributed by atoms with van der Waals surface area (Å²) in [6.45, 7) is 2.18. The first-order chi connectivity index (χ1) is 9.90. The summed E-state index contributed by atoms with van der Waals surface area (Å²) in [5, 5.41) is 3.42. The van der Waals surface area contributed by atoms with Crippen LogP contribution in [-0.2, 0) is 11.2 Å². The minimum Gasteiger partial charge on any atom is -0.491 e. The van der Waals surface area contributed by atoms with E-state index in [1.807, 2.05) is 12.1 Å². The highest BCUT2D eigenvalue weighted by atomic mass is 16.5. The molecule has 20 heavy (non-hydrogen) atoms. The van der Waals surface area contributed by atoms with E-state index in [1.165, 1.54) is 16.8 Å². The molecular weight excluding hydrogens is 250 g/mol. The van der Waals surface area contributed by atoms with E-state index >= 15 is 0 Å². The Balaban J connectivity index is 1.96. The first-order valence-corrected chi connectivity index (χ1v) is 6.97. The number of rotatable bonds is 5. The Hall–Kier alpha value is -2.00. The maximum Gasteiger partial charge on any atom is 0.127 e. The zero-order valence-corrected chi connectivity index (χ0v) is 11.7. The molecule has 2 aromatic rings. The first kappa shape index (κ1) is 13.0. The Bertz CT molecular complexity index is 595. The second-order valence-corrected chi connectivity index (χ2v) is 4.85. The van der Waals surface area contributed by atoms with Crippen LogP contribution in [0.4, 0.5) is 5.69 Å². The topological polar surface area (TPSA) is 30.5 Å². The summed E-state index contributed by atoms with van der Waals surface area (Å²) in [7, 11) is 1.69. The number of methoxy groups -OCH3 is 1. The Morgan fingerprint density at radius 2 is 1.85 bits per heavy atom. The fourth-order valence-corrected chi connectivity index (χ4v) is 2.65. The zero-order chi connectivity index (χ0) is 13.8. The lowest BCUT2D eigenvalue weighted by molar-refractivity contribution is 0.146. The van der Waals surface area contributed by atoms with Gasteiger partial charge in [0, 0.05) is 24.9 Å². The summed E-state index contributed by atoms with van der Waals surface area (Å²) < 4.78 is 10.9. The van der Waals surface area contributed by atoms with Crippen molar-refractivity contribution in [3.63, 3.8) is 0 Å². The Kier molecular flexibility index (Phi) is 3.88. The van der Waals surface area contributed by atoms with Crippen molar-refractivity contribution in [1.82, 2.24) is 0 Å². The fourth-order valence-electron chi connectivity index (χ4n) is 2.65. The molecule has 0 aliphatic carbocycles. The van der Waals surface area contributed by atoms with Gasteiger partial charge in [-0.1, -0.05) is 30.3 Å². The molecule has 0 saturated heterocycles. The van der Waals surface area contributed by atoms with Crippen LogP contribution in [0.5, 0.6) is 5.75 Å². The van der Waals surface area contributed by atoms with Gasteiger partial charge in [-0.15, -0.1) is 0 Å². The van der Waals surface area contributed by atoms with Crippen LogP contribution in [0, 0.1) is 0 Å². The molecule has 1 N–H and O–H groups in total. The standard InChI is InChI=1S/C17H19NO2/c1-19-11-12-20-17-8-3-2-5-15(17)13-6-4-7-16-14(13)9-10-18-16/h2-8,18H,9-12H2,1H3. The van der Waals surface area contributed by atoms with Crippen molar-refractivity contribution in [2.45, 2.75) is 6.42 Å². The summed E-state index contributed by atoms with van der Waals surface area (Å²) in [5.41, 5.74) is 5.05. The second-order valence-electron chi connectivity index (χ2n) is 4.85. The lowest BCUT2D eigenvalue weighted by Crippen LogP contribution is -2.05. The van der Waals surface area contributed by atoms with Gasteiger partial charge in [0.05, 0.1) is 6.61 Å². The Morgan fingerprint density at radius 1 is 1.00 bits per heavy atom. The number of ether oxygens (including phenoxy) is 2. The summed E-state index contributed by atoms with van der Waals surface area (Å²) in [6.07, 6.45) is 1.07. The predicted molar refractivity (Wildman–Crippen MR) is 81.4 cm³/mol. The quantitative estimate of drug-likeness (QED) is 0.844. The van der Waals surface area contributed by atoms with Crippen LogP contribution in [-0.4, -0.2) is 26.9 Å². The third-order valence-corrected chi connectivity index (χ3v) is 3.59. The maximum atomic E-state index is 5.85. The molecule has 1 heterocycles. The molecule has 0 amide bonds. The largest absolute Gasteiger partial charge is 0.491 e. The van der Waals surface area contributed by atoms with Gasteiger partial charge in [-0.2, -0.15) is 0 Å². The molecule has 0 fully saturated rings. The second kappa shape index (κ2) is 5.97. The molecular formula is C17H19NO2. The summed E-state index contributed by atoms with van der Waals surface area (Å²) in [6, 6.07) is 14.6. The molecule has 0 aromatic heterocycles. The van der Waals surface area contributed by atoms with Gasteiger partial charge < -0.3 is 14.8 Å². The SMILES string of the molecule is COCCOc1ccccc1-c1cccc2c1CCN2. The third-order valence-electron chi connectivity index (χ3n) is 3.59. The predicted octanol–water partition coefficient (Wildman–Crippen LogP) is 3.35. The molecule has 0 atom stereocenters. The van der Waals surface area contributed by atoms with E-state index in [9.17, 15) is 0 Å². The van der Waals surface area contributed by atoms with Crippen LogP contribution >= 0.6 is 0 Å². The Labute approximate surface area is 119 Å². The number of nitrogens with one attached hydrogen (secondary N) is 1. The van der Waals surface area contributed by atoms with E-state index < -0.39 is 0 Å². The number of para-hydroxylation sites is 1. The average Bonchev–Trinajstić information content (AvgIpc) is 2.96. The molecule has 104 valence electrons. The first-order valence-electron chi connectivity index (χ1n) is 6.97. The molecule has 3 nitrogen and oxygen atoms in total. The third kappa shape index (κ3) is 2.49. The molecule has 3 rings (SSSR count). The number of fused-ring (bicyclic) bond motifs is 1. The van der Waals surface area contributed by atoms with Gasteiger partial charge in [0.25, 0.3) is 0 Å². The van der Waals surface area contributed by atoms with Gasteiger partial charge in [-0.05, 0) is 29.7 Å². The highest BCUT2D eigenvalue weighted by molar-refractivity contribution is 5.79. The number of anilines is 1. The van der Waals surface area contributed by atoms with Crippen molar-refractivity contribution >= 4 is 5.69 Å². The van der Waals surface area contributed by atoms with Crippen LogP contribution in [0.2, 0.25) is 0 Å². The molecule has 3 heteroatoms. The van der Waals surface area contributed by atoms with Crippen LogP contribution in [0.1, 0.15) is 5.56 Å². The molecule has 0 unspecified atom stereocenters. The van der Waals surface area contributed by atoms with E-state index in [2.05, 4.69) is 35.6 Å². The van der Waals surface area contributed by atoms with Crippen molar-refractivity contribution < 1.29 is 9.47 Å². The smallest absolute Gasteiger partial charge is 0.127 e. The van der Waals surface area contributed by atoms with E-state index in [-0.39, 0.29) is 0 Å². The highest BCUT2D eigenvalue weighted by Gasteiger charge is 2.16. The van der Waals surface area contributed by atoms with Crippen LogP contribution < -0.4 is 10.1 Å². The number of hydrogen-bond acceptors (Lipinski definition) is 3. The van der Waals surface area contributed by atoms with Crippen molar-refractivity contribution in [1.29, 1.82) is 0 Å². The summed E-state index contributed by atoms with van der Waals surface area (Å²) >= 11 is 0. The number of benzene rings is 2. The van der Waals surface area contributed by atoms with Crippen molar-refractivity contribution in [2.75, 3.05) is 32.2 Å². The van der Waals surface area contributed by atoms with Gasteiger partial charge in [0.15, 0.2) is 0 Å². The lowest BCUT2D eigenvalue weighted by atomic mass is 9.97. The van der Waals surface area contributed by atoms with Crippen molar-refractivity contribution in [2.24, 2.45) is 0 Å². The van der Waals surface area contributed by atoms with Gasteiger partial charge in [0.1, 0.15) is 12.4 Å². The maximum absolute atomic E-state index is 5.85. The average molecular weight is 269 g/mol. The molecule has 1 aliphatic rings. The molecule has 0 spiro atoms. The summed E-state index contributed by atoms with van der Waals surface area (Å²) in [4.78, 5) is 0. The molecule has 1 aliphatic heterocycles. The zero-order valence-electron chi connectivity index (χ0n) is 11.7. The lowest BCUT2D eigenvalue weighted by Gasteiger charge is -2.14. The van der Waals surface area contributed by atoms with E-state index in [0.29, 0.717) is 13.2 Å².